The van der Waals surface area contributed by atoms with Gasteiger partial charge in [0.1, 0.15) is 0 Å². The normalized spacial score (nSPS) is 20.4. The molecule has 1 aromatic carbocycles. The van der Waals surface area contributed by atoms with Gasteiger partial charge in [0.05, 0.1) is 0 Å². The second-order valence-electron chi connectivity index (χ2n) is 3.80. The van der Waals surface area contributed by atoms with Crippen LogP contribution in [0, 0.1) is 5.92 Å². The zero-order chi connectivity index (χ0) is 10.1. The molecule has 1 amide bonds. The fraction of sp³-hybridized carbons (Fsp3) is 0.364. The van der Waals surface area contributed by atoms with Gasteiger partial charge in [-0.25, -0.2) is 0 Å². The fourth-order valence-corrected chi connectivity index (χ4v) is 2.12. The highest BCUT2D eigenvalue weighted by molar-refractivity contribution is 6.66. The van der Waals surface area contributed by atoms with Crippen LogP contribution < -0.4 is 4.90 Å². The molecule has 0 saturated carbocycles. The summed E-state index contributed by atoms with van der Waals surface area (Å²) in [4.78, 5) is 12.8. The van der Waals surface area contributed by atoms with Crippen molar-refractivity contribution >= 4 is 22.7 Å². The van der Waals surface area contributed by atoms with Crippen LogP contribution in [-0.2, 0) is 6.42 Å². The number of nitrogens with zero attached hydrogens (tertiary/aromatic N) is 1. The third-order valence-electron chi connectivity index (χ3n) is 2.56. The Labute approximate surface area is 88.5 Å². The van der Waals surface area contributed by atoms with Crippen molar-refractivity contribution in [2.75, 3.05) is 11.4 Å². The van der Waals surface area contributed by atoms with Gasteiger partial charge in [0, 0.05) is 12.2 Å². The number of rotatable bonds is 0. The van der Waals surface area contributed by atoms with E-state index in [1.54, 1.807) is 4.90 Å². The molecule has 0 saturated heterocycles. The number of fused-ring (bicyclic) bond motifs is 1. The van der Waals surface area contributed by atoms with Crippen LogP contribution >= 0.6 is 11.6 Å². The number of amides is 1. The lowest BCUT2D eigenvalue weighted by Crippen LogP contribution is -2.35. The van der Waals surface area contributed by atoms with Gasteiger partial charge in [0.15, 0.2) is 0 Å². The predicted octanol–water partition coefficient (Wildman–Crippen LogP) is 3.04. The molecule has 0 aromatic heterocycles. The van der Waals surface area contributed by atoms with Crippen molar-refractivity contribution in [3.05, 3.63) is 29.8 Å². The Morgan fingerprint density at radius 2 is 2.21 bits per heavy atom. The van der Waals surface area contributed by atoms with Crippen LogP contribution in [0.4, 0.5) is 10.5 Å². The molecule has 2 nitrogen and oxygen atoms in total. The number of carbonyl (C=O) groups excluding carboxylic acids is 1. The maximum Gasteiger partial charge on any atom is 0.320 e. The fourth-order valence-electron chi connectivity index (χ4n) is 1.96. The van der Waals surface area contributed by atoms with Crippen molar-refractivity contribution in [2.45, 2.75) is 13.3 Å². The smallest absolute Gasteiger partial charge is 0.298 e. The molecule has 3 heteroatoms. The van der Waals surface area contributed by atoms with E-state index in [2.05, 4.69) is 13.0 Å². The summed E-state index contributed by atoms with van der Waals surface area (Å²) in [5, 5.41) is -0.385. The van der Waals surface area contributed by atoms with Gasteiger partial charge in [-0.3, -0.25) is 9.69 Å². The molecule has 1 aliphatic rings. The van der Waals surface area contributed by atoms with E-state index in [0.717, 1.165) is 18.7 Å². The van der Waals surface area contributed by atoms with E-state index in [0.29, 0.717) is 5.92 Å². The molecule has 1 heterocycles. The molecule has 0 aliphatic carbocycles. The van der Waals surface area contributed by atoms with Gasteiger partial charge in [-0.1, -0.05) is 25.1 Å². The molecule has 2 rings (SSSR count). The van der Waals surface area contributed by atoms with Crippen molar-refractivity contribution in [3.8, 4) is 0 Å². The number of para-hydroxylation sites is 1. The van der Waals surface area contributed by atoms with Gasteiger partial charge in [-0.15, -0.1) is 0 Å². The molecule has 0 fully saturated rings. The van der Waals surface area contributed by atoms with Crippen LogP contribution in [0.2, 0.25) is 0 Å². The first kappa shape index (κ1) is 9.53. The minimum Gasteiger partial charge on any atom is -0.298 e. The summed E-state index contributed by atoms with van der Waals surface area (Å²) >= 11 is 5.54. The van der Waals surface area contributed by atoms with Crippen molar-refractivity contribution in [1.82, 2.24) is 0 Å². The van der Waals surface area contributed by atoms with E-state index < -0.39 is 0 Å². The van der Waals surface area contributed by atoms with Crippen LogP contribution in [-0.4, -0.2) is 11.9 Å². The lowest BCUT2D eigenvalue weighted by Gasteiger charge is -2.31. The SMILES string of the molecule is CC1Cc2ccccc2N(C(=O)Cl)C1. The van der Waals surface area contributed by atoms with Crippen LogP contribution in [0.5, 0.6) is 0 Å². The Hall–Kier alpha value is -1.02. The summed E-state index contributed by atoms with van der Waals surface area (Å²) in [6, 6.07) is 7.93. The van der Waals surface area contributed by atoms with Crippen molar-refractivity contribution in [1.29, 1.82) is 0 Å². The molecule has 1 aromatic rings. The molecule has 74 valence electrons. The molecule has 1 atom stereocenters. The maximum absolute atomic E-state index is 11.2. The van der Waals surface area contributed by atoms with Gasteiger partial charge in [0.2, 0.25) is 0 Å². The molecular weight excluding hydrogens is 198 g/mol. The van der Waals surface area contributed by atoms with E-state index in [-0.39, 0.29) is 5.37 Å². The molecule has 0 radical (unpaired) electrons. The van der Waals surface area contributed by atoms with Gasteiger partial charge < -0.3 is 0 Å². The highest BCUT2D eigenvalue weighted by atomic mass is 35.5. The summed E-state index contributed by atoms with van der Waals surface area (Å²) in [6.45, 7) is 2.85. The van der Waals surface area contributed by atoms with Gasteiger partial charge >= 0.3 is 5.37 Å². The van der Waals surface area contributed by atoms with Gasteiger partial charge in [-0.05, 0) is 35.6 Å². The summed E-state index contributed by atoms with van der Waals surface area (Å²) in [7, 11) is 0. The molecule has 0 bridgehead atoms. The van der Waals surface area contributed by atoms with Crippen molar-refractivity contribution in [2.24, 2.45) is 5.92 Å². The van der Waals surface area contributed by atoms with Crippen molar-refractivity contribution in [3.63, 3.8) is 0 Å². The molecule has 1 unspecified atom stereocenters. The summed E-state index contributed by atoms with van der Waals surface area (Å²) in [6.07, 6.45) is 1.02. The van der Waals surface area contributed by atoms with E-state index in [1.807, 2.05) is 18.2 Å². The third kappa shape index (κ3) is 1.62. The Balaban J connectivity index is 2.43. The number of benzene rings is 1. The van der Waals surface area contributed by atoms with Crippen molar-refractivity contribution < 1.29 is 4.79 Å². The number of anilines is 1. The van der Waals surface area contributed by atoms with Crippen LogP contribution in [0.15, 0.2) is 24.3 Å². The average molecular weight is 210 g/mol. The zero-order valence-corrected chi connectivity index (χ0v) is 8.79. The van der Waals surface area contributed by atoms with Crippen LogP contribution in [0.1, 0.15) is 12.5 Å². The Morgan fingerprint density at radius 1 is 1.50 bits per heavy atom. The first-order valence-corrected chi connectivity index (χ1v) is 5.11. The lowest BCUT2D eigenvalue weighted by molar-refractivity contribution is 0.262. The molecule has 0 N–H and O–H groups in total. The predicted molar refractivity (Wildman–Crippen MR) is 57.9 cm³/mol. The number of hydrogen-bond donors (Lipinski definition) is 0. The Kier molecular flexibility index (Phi) is 2.46. The quantitative estimate of drug-likeness (QED) is 0.475. The molecular formula is C11H12ClNO. The average Bonchev–Trinajstić information content (AvgIpc) is 2.16. The molecule has 14 heavy (non-hydrogen) atoms. The minimum atomic E-state index is -0.385. The Morgan fingerprint density at radius 3 is 2.93 bits per heavy atom. The minimum absolute atomic E-state index is 0.385. The maximum atomic E-state index is 11.2. The zero-order valence-electron chi connectivity index (χ0n) is 8.03. The highest BCUT2D eigenvalue weighted by Gasteiger charge is 2.24. The lowest BCUT2D eigenvalue weighted by atomic mass is 9.94. The monoisotopic (exact) mass is 209 g/mol. The summed E-state index contributed by atoms with van der Waals surface area (Å²) < 4.78 is 0. The van der Waals surface area contributed by atoms with E-state index in [4.69, 9.17) is 11.6 Å². The van der Waals surface area contributed by atoms with Crippen LogP contribution in [0.25, 0.3) is 0 Å². The van der Waals surface area contributed by atoms with E-state index >= 15 is 0 Å². The molecule has 0 spiro atoms. The topological polar surface area (TPSA) is 20.3 Å². The second kappa shape index (κ2) is 3.62. The number of carbonyl (C=O) groups is 1. The number of halogens is 1. The first-order chi connectivity index (χ1) is 6.68. The standard InChI is InChI=1S/C11H12ClNO/c1-8-6-9-4-2-3-5-10(9)13(7-8)11(12)14/h2-5,8H,6-7H2,1H3. The second-order valence-corrected chi connectivity index (χ2v) is 4.12. The number of hydrogen-bond acceptors (Lipinski definition) is 1. The largest absolute Gasteiger partial charge is 0.320 e. The first-order valence-electron chi connectivity index (χ1n) is 4.73. The van der Waals surface area contributed by atoms with E-state index in [1.165, 1.54) is 5.56 Å². The van der Waals surface area contributed by atoms with E-state index in [9.17, 15) is 4.79 Å². The Bertz CT molecular complexity index is 364. The highest BCUT2D eigenvalue weighted by Crippen LogP contribution is 2.29. The van der Waals surface area contributed by atoms with Gasteiger partial charge in [0.25, 0.3) is 0 Å². The third-order valence-corrected chi connectivity index (χ3v) is 2.76. The molecule has 1 aliphatic heterocycles. The summed E-state index contributed by atoms with van der Waals surface area (Å²) in [5.41, 5.74) is 2.17. The summed E-state index contributed by atoms with van der Waals surface area (Å²) in [5.74, 6) is 0.479. The van der Waals surface area contributed by atoms with Crippen LogP contribution in [0.3, 0.4) is 0 Å². The van der Waals surface area contributed by atoms with Gasteiger partial charge in [-0.2, -0.15) is 0 Å².